The normalized spacial score (nSPS) is 10.2. The molecule has 0 aliphatic carbocycles. The highest BCUT2D eigenvalue weighted by Crippen LogP contribution is 2.25. The van der Waals surface area contributed by atoms with Crippen molar-refractivity contribution < 1.29 is 9.53 Å². The van der Waals surface area contributed by atoms with E-state index in [1.165, 1.54) is 24.0 Å². The largest absolute Gasteiger partial charge is 0.495 e. The number of benzene rings is 1. The SMILES string of the molecule is CCSc1cc(=O)[nH]cc1C(=O)Nc1ccccc1OC. The quantitative estimate of drug-likeness (QED) is 0.833. The van der Waals surface area contributed by atoms with Crippen molar-refractivity contribution in [3.05, 3.63) is 52.4 Å². The molecule has 1 aromatic heterocycles. The Labute approximate surface area is 126 Å². The number of thioether (sulfide) groups is 1. The van der Waals surface area contributed by atoms with E-state index in [0.29, 0.717) is 21.9 Å². The van der Waals surface area contributed by atoms with Crippen molar-refractivity contribution >= 4 is 23.4 Å². The number of hydrogen-bond acceptors (Lipinski definition) is 4. The van der Waals surface area contributed by atoms with Crippen molar-refractivity contribution in [1.82, 2.24) is 4.98 Å². The molecule has 2 rings (SSSR count). The van der Waals surface area contributed by atoms with Crippen molar-refractivity contribution in [1.29, 1.82) is 0 Å². The van der Waals surface area contributed by atoms with Gasteiger partial charge in [0, 0.05) is 17.2 Å². The van der Waals surface area contributed by atoms with E-state index in [9.17, 15) is 9.59 Å². The molecule has 0 aliphatic rings. The van der Waals surface area contributed by atoms with Crippen LogP contribution < -0.4 is 15.6 Å². The van der Waals surface area contributed by atoms with E-state index in [-0.39, 0.29) is 11.5 Å². The standard InChI is InChI=1S/C15H16N2O3S/c1-3-21-13-8-14(18)16-9-10(13)15(19)17-11-6-4-5-7-12(11)20-2/h4-9H,3H2,1-2H3,(H,16,18)(H,17,19). The van der Waals surface area contributed by atoms with Crippen LogP contribution in [0.25, 0.3) is 0 Å². The summed E-state index contributed by atoms with van der Waals surface area (Å²) < 4.78 is 5.20. The van der Waals surface area contributed by atoms with Gasteiger partial charge in [-0.05, 0) is 17.9 Å². The first kappa shape index (κ1) is 15.2. The molecule has 21 heavy (non-hydrogen) atoms. The smallest absolute Gasteiger partial charge is 0.258 e. The van der Waals surface area contributed by atoms with Crippen LogP contribution in [-0.2, 0) is 0 Å². The first-order valence-electron chi connectivity index (χ1n) is 6.45. The number of H-pyrrole nitrogens is 1. The molecule has 6 heteroatoms. The highest BCUT2D eigenvalue weighted by atomic mass is 32.2. The lowest BCUT2D eigenvalue weighted by molar-refractivity contribution is 0.102. The minimum Gasteiger partial charge on any atom is -0.495 e. The maximum Gasteiger partial charge on any atom is 0.258 e. The summed E-state index contributed by atoms with van der Waals surface area (Å²) in [4.78, 5) is 27.0. The van der Waals surface area contributed by atoms with Crippen molar-refractivity contribution in [2.45, 2.75) is 11.8 Å². The molecule has 0 saturated heterocycles. The number of hydrogen-bond donors (Lipinski definition) is 2. The van der Waals surface area contributed by atoms with Gasteiger partial charge in [0.1, 0.15) is 5.75 Å². The number of aromatic nitrogens is 1. The van der Waals surface area contributed by atoms with Crippen LogP contribution >= 0.6 is 11.8 Å². The van der Waals surface area contributed by atoms with Crippen molar-refractivity contribution in [2.24, 2.45) is 0 Å². The van der Waals surface area contributed by atoms with Gasteiger partial charge in [0.05, 0.1) is 18.4 Å². The fourth-order valence-corrected chi connectivity index (χ4v) is 2.65. The molecule has 2 aromatic rings. The average molecular weight is 304 g/mol. The third-order valence-electron chi connectivity index (χ3n) is 2.79. The Balaban J connectivity index is 2.30. The van der Waals surface area contributed by atoms with E-state index in [1.54, 1.807) is 19.2 Å². The number of amides is 1. The fourth-order valence-electron chi connectivity index (χ4n) is 1.84. The number of nitrogens with one attached hydrogen (secondary N) is 2. The Morgan fingerprint density at radius 3 is 2.86 bits per heavy atom. The number of anilines is 1. The summed E-state index contributed by atoms with van der Waals surface area (Å²) in [6, 6.07) is 8.60. The molecule has 0 saturated carbocycles. The second-order valence-electron chi connectivity index (χ2n) is 4.16. The molecule has 0 radical (unpaired) electrons. The molecule has 1 amide bonds. The van der Waals surface area contributed by atoms with E-state index < -0.39 is 0 Å². The van der Waals surface area contributed by atoms with E-state index in [2.05, 4.69) is 10.3 Å². The van der Waals surface area contributed by atoms with Crippen molar-refractivity contribution in [2.75, 3.05) is 18.2 Å². The van der Waals surface area contributed by atoms with Gasteiger partial charge in [-0.25, -0.2) is 0 Å². The van der Waals surface area contributed by atoms with Gasteiger partial charge in [-0.15, -0.1) is 11.8 Å². The second kappa shape index (κ2) is 6.99. The van der Waals surface area contributed by atoms with Crippen molar-refractivity contribution in [3.8, 4) is 5.75 Å². The summed E-state index contributed by atoms with van der Waals surface area (Å²) in [5.74, 6) is 1.07. The summed E-state index contributed by atoms with van der Waals surface area (Å²) in [5, 5.41) is 2.80. The topological polar surface area (TPSA) is 71.2 Å². The number of para-hydroxylation sites is 2. The van der Waals surface area contributed by atoms with Crippen LogP contribution in [0.5, 0.6) is 5.75 Å². The third-order valence-corrected chi connectivity index (χ3v) is 3.72. The molecule has 0 spiro atoms. The molecular weight excluding hydrogens is 288 g/mol. The molecule has 0 aliphatic heterocycles. The summed E-state index contributed by atoms with van der Waals surface area (Å²) >= 11 is 1.45. The van der Waals surface area contributed by atoms with E-state index >= 15 is 0 Å². The number of carbonyl (C=O) groups is 1. The lowest BCUT2D eigenvalue weighted by Gasteiger charge is -2.11. The maximum absolute atomic E-state index is 12.4. The van der Waals surface area contributed by atoms with Gasteiger partial charge < -0.3 is 15.0 Å². The number of pyridine rings is 1. The summed E-state index contributed by atoms with van der Waals surface area (Å²) in [5.41, 5.74) is 0.802. The summed E-state index contributed by atoms with van der Waals surface area (Å²) in [6.45, 7) is 1.97. The Hall–Kier alpha value is -2.21. The van der Waals surface area contributed by atoms with Crippen LogP contribution in [0.1, 0.15) is 17.3 Å². The number of methoxy groups -OCH3 is 1. The molecule has 0 bridgehead atoms. The average Bonchev–Trinajstić information content (AvgIpc) is 2.48. The van der Waals surface area contributed by atoms with E-state index in [1.807, 2.05) is 19.1 Å². The maximum atomic E-state index is 12.4. The number of rotatable bonds is 5. The molecule has 1 heterocycles. The van der Waals surface area contributed by atoms with Crippen LogP contribution in [0.15, 0.2) is 46.2 Å². The van der Waals surface area contributed by atoms with E-state index in [0.717, 1.165) is 5.75 Å². The predicted molar refractivity (Wildman–Crippen MR) is 84.4 cm³/mol. The summed E-state index contributed by atoms with van der Waals surface area (Å²) in [6.07, 6.45) is 1.44. The highest BCUT2D eigenvalue weighted by molar-refractivity contribution is 7.99. The number of aromatic amines is 1. The van der Waals surface area contributed by atoms with Crippen molar-refractivity contribution in [3.63, 3.8) is 0 Å². The molecule has 5 nitrogen and oxygen atoms in total. The van der Waals surface area contributed by atoms with Crippen LogP contribution in [0.4, 0.5) is 5.69 Å². The zero-order valence-corrected chi connectivity index (χ0v) is 12.6. The monoisotopic (exact) mass is 304 g/mol. The fraction of sp³-hybridized carbons (Fsp3) is 0.200. The molecule has 1 aromatic carbocycles. The van der Waals surface area contributed by atoms with Crippen LogP contribution in [0.2, 0.25) is 0 Å². The van der Waals surface area contributed by atoms with Crippen LogP contribution in [0.3, 0.4) is 0 Å². The predicted octanol–water partition coefficient (Wildman–Crippen LogP) is 2.75. The molecule has 2 N–H and O–H groups in total. The third kappa shape index (κ3) is 3.66. The van der Waals surface area contributed by atoms with Gasteiger partial charge in [-0.3, -0.25) is 9.59 Å². The molecule has 0 atom stereocenters. The van der Waals surface area contributed by atoms with Gasteiger partial charge >= 0.3 is 0 Å². The van der Waals surface area contributed by atoms with E-state index in [4.69, 9.17) is 4.74 Å². The molecule has 0 unspecified atom stereocenters. The number of carbonyl (C=O) groups excluding carboxylic acids is 1. The van der Waals surface area contributed by atoms with Gasteiger partial charge in [-0.2, -0.15) is 0 Å². The van der Waals surface area contributed by atoms with Gasteiger partial charge in [0.15, 0.2) is 0 Å². The Morgan fingerprint density at radius 1 is 1.38 bits per heavy atom. The Bertz CT molecular complexity index is 697. The lowest BCUT2D eigenvalue weighted by Crippen LogP contribution is -2.16. The molecular formula is C15H16N2O3S. The van der Waals surface area contributed by atoms with Gasteiger partial charge in [0.25, 0.3) is 5.91 Å². The van der Waals surface area contributed by atoms with Gasteiger partial charge in [0.2, 0.25) is 5.56 Å². The second-order valence-corrected chi connectivity index (χ2v) is 5.47. The van der Waals surface area contributed by atoms with Gasteiger partial charge in [-0.1, -0.05) is 19.1 Å². The highest BCUT2D eigenvalue weighted by Gasteiger charge is 2.14. The first-order valence-corrected chi connectivity index (χ1v) is 7.44. The zero-order valence-electron chi connectivity index (χ0n) is 11.8. The number of ether oxygens (including phenoxy) is 1. The minimum absolute atomic E-state index is 0.222. The minimum atomic E-state index is -0.285. The summed E-state index contributed by atoms with van der Waals surface area (Å²) in [7, 11) is 1.54. The zero-order chi connectivity index (χ0) is 15.2. The molecule has 110 valence electrons. The van der Waals surface area contributed by atoms with Crippen LogP contribution in [0, 0.1) is 0 Å². The molecule has 0 fully saturated rings. The first-order chi connectivity index (χ1) is 10.2. The Kier molecular flexibility index (Phi) is 5.05. The van der Waals surface area contributed by atoms with Crippen LogP contribution in [-0.4, -0.2) is 23.8 Å². The lowest BCUT2D eigenvalue weighted by atomic mass is 10.2. The Morgan fingerprint density at radius 2 is 2.14 bits per heavy atom.